The number of amides is 4. The monoisotopic (exact) mass is 687 g/mol. The molecule has 1 aliphatic heterocycles. The highest BCUT2D eigenvalue weighted by Gasteiger charge is 2.62. The average molecular weight is 688 g/mol. The van der Waals surface area contributed by atoms with Gasteiger partial charge in [0.15, 0.2) is 0 Å². The lowest BCUT2D eigenvalue weighted by molar-refractivity contribution is -0.137. The lowest BCUT2D eigenvalue weighted by Gasteiger charge is -2.23. The zero-order chi connectivity index (χ0) is 34.3. The average Bonchev–Trinajstić information content (AvgIpc) is 4.00. The highest BCUT2D eigenvalue weighted by atomic mass is 32.2. The molecule has 4 aliphatic carbocycles. The van der Waals surface area contributed by atoms with Crippen LogP contribution in [0.15, 0.2) is 72.4 Å². The molecular weight excluding hydrogens is 650 g/mol. The van der Waals surface area contributed by atoms with Crippen LogP contribution in [0.5, 0.6) is 5.75 Å². The minimum atomic E-state index is -3.87. The van der Waals surface area contributed by atoms with Crippen LogP contribution in [0.4, 0.5) is 0 Å². The van der Waals surface area contributed by atoms with Crippen LogP contribution in [0.25, 0.3) is 11.1 Å². The SMILES string of the molecule is C=C[C@@H]1C[C@]1(NC(=O)[C@@H]1C[C@@H]2C[C@H]1C(=O)NNC(=O)CCC=CCOc1ccc3c(c1)C(=NO2)c1ccccc1-3)C(=O)NS(=O)(=O)C1CC1. The van der Waals surface area contributed by atoms with Gasteiger partial charge in [0.05, 0.1) is 17.1 Å². The Morgan fingerprint density at radius 3 is 2.53 bits per heavy atom. The first-order chi connectivity index (χ1) is 23.6. The third-order valence-electron chi connectivity index (χ3n) is 9.83. The quantitative estimate of drug-likeness (QED) is 0.285. The second kappa shape index (κ2) is 12.8. The molecule has 49 heavy (non-hydrogen) atoms. The maximum atomic E-state index is 13.9. The predicted octanol–water partition coefficient (Wildman–Crippen LogP) is 2.38. The third kappa shape index (κ3) is 6.44. The molecule has 5 aliphatic rings. The first-order valence-electron chi connectivity index (χ1n) is 16.4. The second-order valence-corrected chi connectivity index (χ2v) is 15.1. The molecule has 4 bridgehead atoms. The van der Waals surface area contributed by atoms with E-state index in [1.54, 1.807) is 0 Å². The fourth-order valence-corrected chi connectivity index (χ4v) is 8.22. The highest BCUT2D eigenvalue weighted by molar-refractivity contribution is 7.91. The van der Waals surface area contributed by atoms with Crippen molar-refractivity contribution in [3.63, 3.8) is 0 Å². The molecule has 0 aromatic heterocycles. The van der Waals surface area contributed by atoms with Gasteiger partial charge in [0.1, 0.15) is 29.7 Å². The van der Waals surface area contributed by atoms with Gasteiger partial charge in [-0.05, 0) is 67.9 Å². The molecule has 3 fully saturated rings. The summed E-state index contributed by atoms with van der Waals surface area (Å²) < 4.78 is 33.2. The van der Waals surface area contributed by atoms with E-state index in [-0.39, 0.29) is 25.7 Å². The lowest BCUT2D eigenvalue weighted by atomic mass is 9.94. The van der Waals surface area contributed by atoms with Crippen molar-refractivity contribution >= 4 is 39.4 Å². The molecule has 13 nitrogen and oxygen atoms in total. The summed E-state index contributed by atoms with van der Waals surface area (Å²) in [6.45, 7) is 4.04. The standard InChI is InChI=1S/C35H37N5O8S/c1-2-20-19-35(20,34(44)40-49(45,46)23-12-13-23)36-32(42)28-17-22-18-29(28)33(43)38-37-30(41)10-4-3-7-15-47-21-11-14-25-24-8-5-6-9-26(24)31(39-48-22)27(25)16-21/h2-3,5-9,11,14,16,20,22-23,28-29H,1,4,10,12-13,15,17-19H2,(H,36,42)(H,37,41)(H,38,43)(H,40,44)/t20-,22-,28-,29-,35-/m1/s1. The van der Waals surface area contributed by atoms with Gasteiger partial charge in [-0.1, -0.05) is 47.6 Å². The fraction of sp³-hybridized carbons (Fsp3) is 0.400. The van der Waals surface area contributed by atoms with E-state index in [9.17, 15) is 27.6 Å². The summed E-state index contributed by atoms with van der Waals surface area (Å²) in [4.78, 5) is 59.3. The van der Waals surface area contributed by atoms with Crippen molar-refractivity contribution in [3.8, 4) is 16.9 Å². The number of nitrogens with zero attached hydrogens (tertiary/aromatic N) is 1. The normalized spacial score (nSPS) is 27.7. The molecule has 4 amide bonds. The molecule has 1 heterocycles. The van der Waals surface area contributed by atoms with Crippen molar-refractivity contribution in [2.24, 2.45) is 22.9 Å². The highest BCUT2D eigenvalue weighted by Crippen LogP contribution is 2.46. The topological polar surface area (TPSA) is 181 Å². The van der Waals surface area contributed by atoms with Crippen molar-refractivity contribution in [3.05, 3.63) is 78.4 Å². The van der Waals surface area contributed by atoms with Gasteiger partial charge >= 0.3 is 0 Å². The fourth-order valence-electron chi connectivity index (χ4n) is 6.86. The van der Waals surface area contributed by atoms with Gasteiger partial charge in [0.25, 0.3) is 5.91 Å². The number of rotatable bonds is 6. The van der Waals surface area contributed by atoms with Crippen LogP contribution in [0.2, 0.25) is 0 Å². The van der Waals surface area contributed by atoms with Crippen molar-refractivity contribution < 1.29 is 37.2 Å². The summed E-state index contributed by atoms with van der Waals surface area (Å²) in [5, 5.41) is 6.71. The van der Waals surface area contributed by atoms with E-state index in [1.165, 1.54) is 6.08 Å². The van der Waals surface area contributed by atoms with Crippen LogP contribution in [0.3, 0.4) is 0 Å². The number of hydrogen-bond donors (Lipinski definition) is 4. The van der Waals surface area contributed by atoms with Crippen molar-refractivity contribution in [1.82, 2.24) is 20.9 Å². The first kappa shape index (κ1) is 32.6. The molecule has 4 N–H and O–H groups in total. The lowest BCUT2D eigenvalue weighted by Crippen LogP contribution is -2.54. The second-order valence-electron chi connectivity index (χ2n) is 13.1. The van der Waals surface area contributed by atoms with Crippen molar-refractivity contribution in [2.45, 2.75) is 61.8 Å². The molecule has 7 rings (SSSR count). The number of carbonyl (C=O) groups is 4. The number of ether oxygens (including phenoxy) is 1. The Morgan fingerprint density at radius 2 is 1.78 bits per heavy atom. The zero-order valence-corrected chi connectivity index (χ0v) is 27.5. The molecule has 5 atom stereocenters. The van der Waals surface area contributed by atoms with Crippen LogP contribution in [-0.4, -0.2) is 61.3 Å². The summed E-state index contributed by atoms with van der Waals surface area (Å²) in [5.74, 6) is -4.24. The van der Waals surface area contributed by atoms with E-state index in [1.807, 2.05) is 54.6 Å². The van der Waals surface area contributed by atoms with Crippen molar-refractivity contribution in [2.75, 3.05) is 6.61 Å². The number of benzene rings is 2. The molecule has 0 spiro atoms. The van der Waals surface area contributed by atoms with Crippen LogP contribution in [0, 0.1) is 17.8 Å². The number of hydrogen-bond acceptors (Lipinski definition) is 9. The smallest absolute Gasteiger partial charge is 0.259 e. The molecule has 2 aromatic carbocycles. The number of carbonyl (C=O) groups excluding carboxylic acids is 4. The largest absolute Gasteiger partial charge is 0.490 e. The van der Waals surface area contributed by atoms with Gasteiger partial charge in [0.2, 0.25) is 27.7 Å². The number of oxime groups is 1. The number of hydrazine groups is 1. The van der Waals surface area contributed by atoms with E-state index in [0.717, 1.165) is 22.3 Å². The molecule has 0 unspecified atom stereocenters. The van der Waals surface area contributed by atoms with Gasteiger partial charge in [0, 0.05) is 23.5 Å². The van der Waals surface area contributed by atoms with Gasteiger partial charge in [-0.15, -0.1) is 6.58 Å². The maximum absolute atomic E-state index is 13.9. The minimum Gasteiger partial charge on any atom is -0.490 e. The number of fused-ring (bicyclic) bond motifs is 6. The van der Waals surface area contributed by atoms with E-state index in [0.29, 0.717) is 37.3 Å². The first-order valence-corrected chi connectivity index (χ1v) is 18.0. The molecule has 0 saturated heterocycles. The van der Waals surface area contributed by atoms with E-state index >= 15 is 0 Å². The molecule has 14 heteroatoms. The molecule has 2 aromatic rings. The van der Waals surface area contributed by atoms with Gasteiger partial charge < -0.3 is 14.9 Å². The summed E-state index contributed by atoms with van der Waals surface area (Å²) in [7, 11) is -3.87. The van der Waals surface area contributed by atoms with Gasteiger partial charge in [-0.3, -0.25) is 34.8 Å². The van der Waals surface area contributed by atoms with Gasteiger partial charge in [-0.25, -0.2) is 8.42 Å². The van der Waals surface area contributed by atoms with E-state index in [2.05, 4.69) is 32.6 Å². The molecular formula is C35H37N5O8S. The minimum absolute atomic E-state index is 0.0773. The number of sulfonamides is 1. The zero-order valence-electron chi connectivity index (χ0n) is 26.6. The van der Waals surface area contributed by atoms with Crippen LogP contribution in [0.1, 0.15) is 56.1 Å². The summed E-state index contributed by atoms with van der Waals surface area (Å²) >= 11 is 0. The Balaban J connectivity index is 1.16. The summed E-state index contributed by atoms with van der Waals surface area (Å²) in [6.07, 6.45) is 6.25. The molecule has 256 valence electrons. The van der Waals surface area contributed by atoms with E-state index in [4.69, 9.17) is 9.57 Å². The molecule has 3 saturated carbocycles. The van der Waals surface area contributed by atoms with Crippen LogP contribution < -0.4 is 25.6 Å². The van der Waals surface area contributed by atoms with E-state index < -0.39 is 68.3 Å². The summed E-state index contributed by atoms with van der Waals surface area (Å²) in [6, 6.07) is 13.5. The Bertz CT molecular complexity index is 1900. The Labute approximate surface area is 283 Å². The van der Waals surface area contributed by atoms with Crippen LogP contribution >= 0.6 is 0 Å². The Kier molecular flexibility index (Phi) is 8.51. The van der Waals surface area contributed by atoms with Crippen LogP contribution in [-0.2, 0) is 34.0 Å². The Morgan fingerprint density at radius 1 is 1.00 bits per heavy atom. The number of nitrogens with one attached hydrogen (secondary N) is 4. The summed E-state index contributed by atoms with van der Waals surface area (Å²) in [5.41, 5.74) is 7.57. The Hall–Kier alpha value is -4.98. The van der Waals surface area contributed by atoms with Gasteiger partial charge in [-0.2, -0.15) is 0 Å². The third-order valence-corrected chi connectivity index (χ3v) is 11.6. The predicted molar refractivity (Wildman–Crippen MR) is 178 cm³/mol. The number of allylic oxidation sites excluding steroid dienone is 1. The molecule has 0 radical (unpaired) electrons. The maximum Gasteiger partial charge on any atom is 0.259 e. The van der Waals surface area contributed by atoms with Crippen molar-refractivity contribution in [1.29, 1.82) is 0 Å².